The van der Waals surface area contributed by atoms with Crippen LogP contribution < -0.4 is 15.0 Å². The molecule has 8 heteroatoms. The largest absolute Gasteiger partial charge is 0.495 e. The van der Waals surface area contributed by atoms with Crippen molar-refractivity contribution in [3.05, 3.63) is 53.1 Å². The maximum Gasteiger partial charge on any atom is 0.159 e. The first kappa shape index (κ1) is 20.4. The van der Waals surface area contributed by atoms with E-state index in [4.69, 9.17) is 4.74 Å². The highest BCUT2D eigenvalue weighted by molar-refractivity contribution is 5.99. The molecule has 1 aromatic heterocycles. The Labute approximate surface area is 180 Å². The van der Waals surface area contributed by atoms with Gasteiger partial charge in [0.05, 0.1) is 24.3 Å². The van der Waals surface area contributed by atoms with Crippen molar-refractivity contribution in [3.8, 4) is 17.9 Å². The number of anilines is 2. The van der Waals surface area contributed by atoms with Gasteiger partial charge in [-0.1, -0.05) is 6.07 Å². The first-order valence-corrected chi connectivity index (χ1v) is 10.0. The summed E-state index contributed by atoms with van der Waals surface area (Å²) in [5.41, 5.74) is 1.91. The fourth-order valence-electron chi connectivity index (χ4n) is 3.89. The average Bonchev–Trinajstić information content (AvgIpc) is 3.31. The second-order valence-corrected chi connectivity index (χ2v) is 7.53. The zero-order valence-electron chi connectivity index (χ0n) is 17.2. The lowest BCUT2D eigenvalue weighted by Gasteiger charge is -2.20. The molecule has 1 unspecified atom stereocenters. The highest BCUT2D eigenvalue weighted by Crippen LogP contribution is 2.32. The molecule has 2 N–H and O–H groups in total. The summed E-state index contributed by atoms with van der Waals surface area (Å²) < 4.78 is 5.20. The Morgan fingerprint density at radius 1 is 1.16 bits per heavy atom. The Morgan fingerprint density at radius 2 is 2.03 bits per heavy atom. The van der Waals surface area contributed by atoms with Gasteiger partial charge in [-0.2, -0.15) is 10.5 Å². The number of nitriles is 2. The van der Waals surface area contributed by atoms with E-state index < -0.39 is 0 Å². The third kappa shape index (κ3) is 4.07. The molecule has 1 fully saturated rings. The first-order chi connectivity index (χ1) is 15.2. The third-order valence-corrected chi connectivity index (χ3v) is 5.58. The molecule has 0 saturated carbocycles. The molecule has 0 spiro atoms. The van der Waals surface area contributed by atoms with E-state index in [2.05, 4.69) is 32.6 Å². The summed E-state index contributed by atoms with van der Waals surface area (Å²) in [7, 11) is 1.54. The molecular formula is C23H22N6O2. The number of hydrogen-bond donors (Lipinski definition) is 2. The molecule has 0 amide bonds. The van der Waals surface area contributed by atoms with Crippen LogP contribution in [0.2, 0.25) is 0 Å². The van der Waals surface area contributed by atoms with Gasteiger partial charge < -0.3 is 20.1 Å². The van der Waals surface area contributed by atoms with E-state index in [1.807, 2.05) is 18.2 Å². The zero-order chi connectivity index (χ0) is 21.8. The van der Waals surface area contributed by atoms with Crippen LogP contribution in [0.5, 0.6) is 5.75 Å². The van der Waals surface area contributed by atoms with E-state index >= 15 is 0 Å². The van der Waals surface area contributed by atoms with Crippen LogP contribution in [0, 0.1) is 28.6 Å². The lowest BCUT2D eigenvalue weighted by Crippen LogP contribution is -2.22. The minimum Gasteiger partial charge on any atom is -0.495 e. The lowest BCUT2D eigenvalue weighted by atomic mass is 10.1. The maximum absolute atomic E-state index is 9.47. The fourth-order valence-corrected chi connectivity index (χ4v) is 3.89. The number of hydrogen-bond acceptors (Lipinski definition) is 8. The van der Waals surface area contributed by atoms with Gasteiger partial charge in [0, 0.05) is 42.9 Å². The van der Waals surface area contributed by atoms with Gasteiger partial charge in [0.1, 0.15) is 11.8 Å². The normalized spacial score (nSPS) is 15.5. The Hall–Kier alpha value is -3.88. The van der Waals surface area contributed by atoms with Crippen LogP contribution in [0.4, 0.5) is 11.6 Å². The van der Waals surface area contributed by atoms with E-state index in [0.29, 0.717) is 29.2 Å². The van der Waals surface area contributed by atoms with E-state index in [1.54, 1.807) is 18.2 Å². The number of ether oxygens (including phenoxy) is 1. The molecule has 3 aromatic rings. The van der Waals surface area contributed by atoms with Gasteiger partial charge in [0.25, 0.3) is 0 Å². The first-order valence-electron chi connectivity index (χ1n) is 10.0. The van der Waals surface area contributed by atoms with Crippen LogP contribution in [0.15, 0.2) is 36.4 Å². The molecule has 1 saturated heterocycles. The SMILES string of the molecule is COc1ccc(CNc2nnc(N3CCC(CO)C3)c3ccc(C#N)cc23)cc1C#N. The number of benzene rings is 2. The molecule has 1 atom stereocenters. The highest BCUT2D eigenvalue weighted by Gasteiger charge is 2.25. The van der Waals surface area contributed by atoms with Crippen molar-refractivity contribution in [1.82, 2.24) is 10.2 Å². The van der Waals surface area contributed by atoms with Gasteiger partial charge in [-0.3, -0.25) is 0 Å². The summed E-state index contributed by atoms with van der Waals surface area (Å²) in [6.07, 6.45) is 0.911. The summed E-state index contributed by atoms with van der Waals surface area (Å²) in [6.45, 7) is 2.14. The maximum atomic E-state index is 9.47. The van der Waals surface area contributed by atoms with Crippen LogP contribution in [0.25, 0.3) is 10.8 Å². The Kier molecular flexibility index (Phi) is 5.83. The lowest BCUT2D eigenvalue weighted by molar-refractivity contribution is 0.238. The number of aliphatic hydroxyl groups is 1. The third-order valence-electron chi connectivity index (χ3n) is 5.58. The topological polar surface area (TPSA) is 118 Å². The predicted molar refractivity (Wildman–Crippen MR) is 117 cm³/mol. The smallest absolute Gasteiger partial charge is 0.159 e. The van der Waals surface area contributed by atoms with E-state index in [0.717, 1.165) is 41.7 Å². The molecule has 0 bridgehead atoms. The van der Waals surface area contributed by atoms with Gasteiger partial charge in [-0.05, 0) is 42.3 Å². The van der Waals surface area contributed by atoms with Gasteiger partial charge in [0.15, 0.2) is 11.6 Å². The predicted octanol–water partition coefficient (Wildman–Crippen LogP) is 2.81. The summed E-state index contributed by atoms with van der Waals surface area (Å²) in [5, 5.41) is 42.0. The molecular weight excluding hydrogens is 392 g/mol. The standard InChI is InChI=1S/C23H22N6O2/c1-31-21-5-3-16(8-18(21)11-25)12-26-22-20-9-15(10-24)2-4-19(20)23(28-27-22)29-7-6-17(13-29)14-30/h2-5,8-9,17,30H,6-7,12-14H2,1H3,(H,26,27). The Bertz CT molecular complexity index is 1200. The van der Waals surface area contributed by atoms with Crippen LogP contribution in [-0.2, 0) is 6.54 Å². The molecule has 2 heterocycles. The average molecular weight is 414 g/mol. The van der Waals surface area contributed by atoms with Gasteiger partial charge >= 0.3 is 0 Å². The highest BCUT2D eigenvalue weighted by atomic mass is 16.5. The van der Waals surface area contributed by atoms with E-state index in [-0.39, 0.29) is 12.5 Å². The quantitative estimate of drug-likeness (QED) is 0.632. The van der Waals surface area contributed by atoms with Crippen molar-refractivity contribution < 1.29 is 9.84 Å². The van der Waals surface area contributed by atoms with Crippen molar-refractivity contribution in [2.75, 3.05) is 37.0 Å². The van der Waals surface area contributed by atoms with Crippen LogP contribution >= 0.6 is 0 Å². The molecule has 4 rings (SSSR count). The number of aliphatic hydroxyl groups excluding tert-OH is 1. The summed E-state index contributed by atoms with van der Waals surface area (Å²) >= 11 is 0. The van der Waals surface area contributed by atoms with Crippen molar-refractivity contribution in [2.45, 2.75) is 13.0 Å². The van der Waals surface area contributed by atoms with Crippen molar-refractivity contribution >= 4 is 22.4 Å². The molecule has 0 radical (unpaired) electrons. The summed E-state index contributed by atoms with van der Waals surface area (Å²) in [6, 6.07) is 15.2. The second kappa shape index (κ2) is 8.86. The summed E-state index contributed by atoms with van der Waals surface area (Å²) in [4.78, 5) is 2.13. The number of nitrogens with zero attached hydrogens (tertiary/aromatic N) is 5. The van der Waals surface area contributed by atoms with Gasteiger partial charge in [0.2, 0.25) is 0 Å². The number of rotatable bonds is 6. The van der Waals surface area contributed by atoms with Crippen LogP contribution in [-0.4, -0.2) is 42.1 Å². The monoisotopic (exact) mass is 414 g/mol. The minimum atomic E-state index is 0.159. The van der Waals surface area contributed by atoms with Crippen molar-refractivity contribution in [1.29, 1.82) is 10.5 Å². The van der Waals surface area contributed by atoms with E-state index in [9.17, 15) is 15.6 Å². The zero-order valence-corrected chi connectivity index (χ0v) is 17.2. The van der Waals surface area contributed by atoms with Crippen LogP contribution in [0.3, 0.4) is 0 Å². The molecule has 1 aliphatic heterocycles. The molecule has 2 aromatic carbocycles. The Morgan fingerprint density at radius 3 is 2.74 bits per heavy atom. The fraction of sp³-hybridized carbons (Fsp3) is 0.304. The van der Waals surface area contributed by atoms with Crippen molar-refractivity contribution in [2.24, 2.45) is 5.92 Å². The molecule has 31 heavy (non-hydrogen) atoms. The van der Waals surface area contributed by atoms with Gasteiger partial charge in [-0.25, -0.2) is 0 Å². The molecule has 156 valence electrons. The molecule has 8 nitrogen and oxygen atoms in total. The molecule has 1 aliphatic rings. The molecule has 0 aliphatic carbocycles. The van der Waals surface area contributed by atoms with E-state index in [1.165, 1.54) is 7.11 Å². The number of fused-ring (bicyclic) bond motifs is 1. The van der Waals surface area contributed by atoms with Crippen molar-refractivity contribution in [3.63, 3.8) is 0 Å². The number of aromatic nitrogens is 2. The Balaban J connectivity index is 1.66. The summed E-state index contributed by atoms with van der Waals surface area (Å²) in [5.74, 6) is 2.10. The van der Waals surface area contributed by atoms with Crippen LogP contribution in [0.1, 0.15) is 23.1 Å². The number of methoxy groups -OCH3 is 1. The van der Waals surface area contributed by atoms with Gasteiger partial charge in [-0.15, -0.1) is 10.2 Å². The minimum absolute atomic E-state index is 0.159. The second-order valence-electron chi connectivity index (χ2n) is 7.53. The number of nitrogens with one attached hydrogen (secondary N) is 1.